The number of rotatable bonds is 3. The fraction of sp³-hybridized carbons (Fsp3) is 0.0227. The Morgan fingerprint density at radius 3 is 1.82 bits per heavy atom. The van der Waals surface area contributed by atoms with E-state index in [1.54, 1.807) is 0 Å². The van der Waals surface area contributed by atoms with Crippen molar-refractivity contribution in [2.75, 3.05) is 4.90 Å². The molecule has 0 atom stereocenters. The molecule has 0 saturated carbocycles. The molecule has 0 fully saturated rings. The summed E-state index contributed by atoms with van der Waals surface area (Å²) < 4.78 is 0. The first-order valence-corrected chi connectivity index (χ1v) is 18.4. The van der Waals surface area contributed by atoms with Gasteiger partial charge in [0.15, 0.2) is 5.82 Å². The summed E-state index contributed by atoms with van der Waals surface area (Å²) >= 11 is 3.69. The predicted octanol–water partition coefficient (Wildman–Crippen LogP) is 11.8. The summed E-state index contributed by atoms with van der Waals surface area (Å²) in [7, 11) is 0. The van der Waals surface area contributed by atoms with Crippen molar-refractivity contribution < 1.29 is 0 Å². The summed E-state index contributed by atoms with van der Waals surface area (Å²) in [5, 5.41) is 8.03. The van der Waals surface area contributed by atoms with Gasteiger partial charge < -0.3 is 0 Å². The molecule has 2 aliphatic rings. The van der Waals surface area contributed by atoms with Crippen LogP contribution in [0.5, 0.6) is 0 Å². The van der Waals surface area contributed by atoms with Crippen LogP contribution >= 0.6 is 22.7 Å². The number of nitrogens with zero attached hydrogens (tertiary/aromatic N) is 4. The van der Waals surface area contributed by atoms with Gasteiger partial charge in [-0.05, 0) is 86.3 Å². The Bertz CT molecular complexity index is 2600. The second-order valence-corrected chi connectivity index (χ2v) is 14.7. The van der Waals surface area contributed by atoms with E-state index in [-0.39, 0.29) is 0 Å². The number of anilines is 3. The lowest BCUT2D eigenvalue weighted by Gasteiger charge is -2.44. The van der Waals surface area contributed by atoms with Crippen molar-refractivity contribution in [3.8, 4) is 32.4 Å². The molecule has 0 radical (unpaired) electrons. The van der Waals surface area contributed by atoms with E-state index in [4.69, 9.17) is 15.0 Å². The Morgan fingerprint density at radius 1 is 0.500 bits per heavy atom. The summed E-state index contributed by atoms with van der Waals surface area (Å²) in [6, 6.07) is 49.9. The lowest BCUT2D eigenvalue weighted by molar-refractivity contribution is 0.757. The largest absolute Gasteiger partial charge is 0.294 e. The molecule has 5 heterocycles. The van der Waals surface area contributed by atoms with E-state index in [1.165, 1.54) is 42.8 Å². The number of pyridine rings is 1. The Morgan fingerprint density at radius 2 is 1.10 bits per heavy atom. The molecule has 234 valence electrons. The molecule has 4 aromatic heterocycles. The summed E-state index contributed by atoms with van der Waals surface area (Å²) in [5.74, 6) is 1.50. The number of benzene rings is 5. The van der Waals surface area contributed by atoms with Gasteiger partial charge in [0.25, 0.3) is 0 Å². The maximum atomic E-state index is 5.39. The van der Waals surface area contributed by atoms with Crippen LogP contribution < -0.4 is 4.90 Å². The van der Waals surface area contributed by atoms with Crippen LogP contribution in [0.15, 0.2) is 156 Å². The van der Waals surface area contributed by atoms with Crippen molar-refractivity contribution in [1.29, 1.82) is 0 Å². The normalized spacial score (nSPS) is 13.7. The number of thiophene rings is 2. The summed E-state index contributed by atoms with van der Waals surface area (Å²) in [6.07, 6.45) is 1.88. The minimum absolute atomic E-state index is 0.503. The van der Waals surface area contributed by atoms with E-state index < -0.39 is 5.41 Å². The van der Waals surface area contributed by atoms with E-state index in [0.717, 1.165) is 44.9 Å². The van der Waals surface area contributed by atoms with Gasteiger partial charge in [-0.3, -0.25) is 9.88 Å². The Hall–Kier alpha value is -5.95. The highest BCUT2D eigenvalue weighted by Crippen LogP contribution is 2.66. The maximum Gasteiger partial charge on any atom is 0.162 e. The number of fused-ring (bicyclic) bond motifs is 11. The molecular formula is C44H26N4S2. The second kappa shape index (κ2) is 10.5. The first-order chi connectivity index (χ1) is 24.8. The van der Waals surface area contributed by atoms with Crippen LogP contribution in [0.3, 0.4) is 0 Å². The molecular weight excluding hydrogens is 649 g/mol. The standard InChI is InChI=1S/C44H26N4S2/c1-3-10-27(11-4-1)37-26-40(47-43(46-37)28-12-5-2-6-13-28)48-38-24-30-15-8-7-14-29(30)22-34(38)44(32-17-20-49-41(32)42-33(44)18-21-50-42)35-23-31-16-9-19-45-36(31)25-39(35)48/h1-26H. The summed E-state index contributed by atoms with van der Waals surface area (Å²) in [6.45, 7) is 0. The van der Waals surface area contributed by atoms with E-state index in [2.05, 4.69) is 125 Å². The SMILES string of the molecule is c1ccc(-c2cc(N3c4cc5ccccc5cc4C4(c5cc6cccnc6cc53)c3ccsc3-c3sccc34)nc(-c3ccccc3)n2)cc1. The Kier molecular flexibility index (Phi) is 5.88. The van der Waals surface area contributed by atoms with Crippen molar-refractivity contribution in [1.82, 2.24) is 15.0 Å². The number of aromatic nitrogens is 3. The molecule has 0 saturated heterocycles. The van der Waals surface area contributed by atoms with Crippen molar-refractivity contribution in [3.63, 3.8) is 0 Å². The van der Waals surface area contributed by atoms with Crippen LogP contribution in [0.2, 0.25) is 0 Å². The zero-order valence-electron chi connectivity index (χ0n) is 26.6. The second-order valence-electron chi connectivity index (χ2n) is 12.9. The topological polar surface area (TPSA) is 41.9 Å². The molecule has 0 amide bonds. The fourth-order valence-electron chi connectivity index (χ4n) is 8.14. The van der Waals surface area contributed by atoms with Gasteiger partial charge in [-0.25, -0.2) is 9.97 Å². The van der Waals surface area contributed by atoms with Crippen LogP contribution in [0.4, 0.5) is 17.2 Å². The molecule has 9 aromatic rings. The van der Waals surface area contributed by atoms with Crippen LogP contribution in [0.25, 0.3) is 54.1 Å². The molecule has 1 spiro atoms. The van der Waals surface area contributed by atoms with Crippen molar-refractivity contribution in [2.24, 2.45) is 0 Å². The van der Waals surface area contributed by atoms with Crippen LogP contribution in [-0.4, -0.2) is 15.0 Å². The van der Waals surface area contributed by atoms with Crippen molar-refractivity contribution in [3.05, 3.63) is 179 Å². The highest BCUT2D eigenvalue weighted by molar-refractivity contribution is 7.21. The highest BCUT2D eigenvalue weighted by Gasteiger charge is 2.53. The van der Waals surface area contributed by atoms with Gasteiger partial charge in [-0.2, -0.15) is 0 Å². The lowest BCUT2D eigenvalue weighted by Crippen LogP contribution is -2.36. The maximum absolute atomic E-state index is 5.39. The summed E-state index contributed by atoms with van der Waals surface area (Å²) in [4.78, 5) is 20.5. The average Bonchev–Trinajstić information content (AvgIpc) is 3.91. The van der Waals surface area contributed by atoms with Gasteiger partial charge in [0.1, 0.15) is 5.82 Å². The van der Waals surface area contributed by atoms with Gasteiger partial charge in [0, 0.05) is 38.5 Å². The smallest absolute Gasteiger partial charge is 0.162 e. The molecule has 0 unspecified atom stereocenters. The Balaban J connectivity index is 1.30. The van der Waals surface area contributed by atoms with Gasteiger partial charge >= 0.3 is 0 Å². The first-order valence-electron chi connectivity index (χ1n) is 16.7. The van der Waals surface area contributed by atoms with Crippen LogP contribution in [0.1, 0.15) is 22.3 Å². The summed E-state index contributed by atoms with van der Waals surface area (Å²) in [5.41, 5.74) is 10.7. The molecule has 4 nitrogen and oxygen atoms in total. The van der Waals surface area contributed by atoms with Gasteiger partial charge in [0.05, 0.1) is 28.0 Å². The molecule has 0 bridgehead atoms. The van der Waals surface area contributed by atoms with Gasteiger partial charge in [-0.15, -0.1) is 22.7 Å². The molecule has 0 N–H and O–H groups in total. The average molecular weight is 675 g/mol. The van der Waals surface area contributed by atoms with Crippen molar-refractivity contribution in [2.45, 2.75) is 5.41 Å². The van der Waals surface area contributed by atoms with Crippen LogP contribution in [-0.2, 0) is 5.41 Å². The van der Waals surface area contributed by atoms with E-state index in [9.17, 15) is 0 Å². The fourth-order valence-corrected chi connectivity index (χ4v) is 10.2. The van der Waals surface area contributed by atoms with Crippen molar-refractivity contribution >= 4 is 61.5 Å². The molecule has 11 rings (SSSR count). The van der Waals surface area contributed by atoms with E-state index >= 15 is 0 Å². The third-order valence-corrected chi connectivity index (χ3v) is 12.3. The molecule has 5 aromatic carbocycles. The predicted molar refractivity (Wildman–Crippen MR) is 207 cm³/mol. The van der Waals surface area contributed by atoms with Crippen LogP contribution in [0, 0.1) is 0 Å². The number of hydrogen-bond donors (Lipinski definition) is 0. The lowest BCUT2D eigenvalue weighted by atomic mass is 9.65. The minimum atomic E-state index is -0.503. The van der Waals surface area contributed by atoms with Gasteiger partial charge in [-0.1, -0.05) is 91.0 Å². The molecule has 1 aliphatic heterocycles. The zero-order valence-corrected chi connectivity index (χ0v) is 28.2. The molecule has 6 heteroatoms. The first kappa shape index (κ1) is 27.9. The minimum Gasteiger partial charge on any atom is -0.294 e. The quantitative estimate of drug-likeness (QED) is 0.187. The monoisotopic (exact) mass is 674 g/mol. The van der Waals surface area contributed by atoms with Gasteiger partial charge in [0.2, 0.25) is 0 Å². The third-order valence-electron chi connectivity index (χ3n) is 10.3. The van der Waals surface area contributed by atoms with E-state index in [0.29, 0.717) is 5.82 Å². The Labute approximate surface area is 296 Å². The van der Waals surface area contributed by atoms with E-state index in [1.807, 2.05) is 59.2 Å². The third kappa shape index (κ3) is 3.83. The zero-order chi connectivity index (χ0) is 32.8. The number of hydrogen-bond acceptors (Lipinski definition) is 6. The highest BCUT2D eigenvalue weighted by atomic mass is 32.1. The molecule has 50 heavy (non-hydrogen) atoms. The molecule has 1 aliphatic carbocycles.